The van der Waals surface area contributed by atoms with Gasteiger partial charge < -0.3 is 19.8 Å². The van der Waals surface area contributed by atoms with Crippen molar-refractivity contribution in [1.82, 2.24) is 14.7 Å². The number of hydrogen-bond donors (Lipinski definition) is 2. The molecule has 3 aromatic rings. The highest BCUT2D eigenvalue weighted by atomic mass is 79.9. The summed E-state index contributed by atoms with van der Waals surface area (Å²) in [6.07, 6.45) is -8.91. The second-order valence-corrected chi connectivity index (χ2v) is 7.95. The van der Waals surface area contributed by atoms with E-state index < -0.39 is 31.3 Å². The van der Waals surface area contributed by atoms with E-state index >= 15 is 0 Å². The first-order valence-corrected chi connectivity index (χ1v) is 10.7. The van der Waals surface area contributed by atoms with Gasteiger partial charge in [-0.05, 0) is 52.2 Å². The predicted octanol–water partition coefficient (Wildman–Crippen LogP) is 4.97. The van der Waals surface area contributed by atoms with Crippen LogP contribution in [0.3, 0.4) is 0 Å². The third kappa shape index (κ3) is 7.05. The summed E-state index contributed by atoms with van der Waals surface area (Å²) >= 11 is 3.25. The van der Waals surface area contributed by atoms with Crippen LogP contribution in [-0.2, 0) is 6.42 Å². The fourth-order valence-corrected chi connectivity index (χ4v) is 3.47. The SMILES string of the molecule is CNC(=O)c1ccc(NCC#Cc2nc3c(Br)cccn3c2CC(F)(F)F)c(OCC(F)(F)F)c1. The highest BCUT2D eigenvalue weighted by Crippen LogP contribution is 2.29. The monoisotopic (exact) mass is 562 g/mol. The number of rotatable bonds is 6. The standard InChI is InChI=1S/C22H17BrF6N4O2/c1-30-20(34)13-6-7-16(18(10-13)35-12-22(27,28)29)31-8-2-5-15-17(11-21(24,25)26)33-9-3-4-14(23)19(33)32-15/h3-4,6-7,9-10,31H,8,11-12H2,1H3,(H,30,34). The van der Waals surface area contributed by atoms with Crippen molar-refractivity contribution in [3.8, 4) is 17.6 Å². The summed E-state index contributed by atoms with van der Waals surface area (Å²) in [5, 5.41) is 5.11. The number of fused-ring (bicyclic) bond motifs is 1. The van der Waals surface area contributed by atoms with Crippen LogP contribution in [0.2, 0.25) is 0 Å². The maximum atomic E-state index is 13.1. The molecule has 3 rings (SSSR count). The number of pyridine rings is 1. The topological polar surface area (TPSA) is 67.7 Å². The molecule has 0 bridgehead atoms. The van der Waals surface area contributed by atoms with E-state index in [2.05, 4.69) is 43.4 Å². The molecule has 0 aliphatic carbocycles. The molecule has 0 saturated heterocycles. The highest BCUT2D eigenvalue weighted by molar-refractivity contribution is 9.10. The average Bonchev–Trinajstić information content (AvgIpc) is 3.11. The Morgan fingerprint density at radius 1 is 1.17 bits per heavy atom. The maximum absolute atomic E-state index is 13.1. The molecule has 0 aliphatic heterocycles. The lowest BCUT2D eigenvalue weighted by Gasteiger charge is -2.14. The number of anilines is 1. The van der Waals surface area contributed by atoms with Gasteiger partial charge in [-0.2, -0.15) is 26.3 Å². The molecule has 0 atom stereocenters. The summed E-state index contributed by atoms with van der Waals surface area (Å²) in [5.41, 5.74) is 0.222. The van der Waals surface area contributed by atoms with Gasteiger partial charge in [0.15, 0.2) is 12.3 Å². The van der Waals surface area contributed by atoms with Crippen LogP contribution in [0.1, 0.15) is 21.7 Å². The van der Waals surface area contributed by atoms with E-state index in [0.29, 0.717) is 4.47 Å². The molecular formula is C22H17BrF6N4O2. The molecule has 0 unspecified atom stereocenters. The fourth-order valence-electron chi connectivity index (χ4n) is 3.04. The molecule has 0 fully saturated rings. The number of carbonyl (C=O) groups excluding carboxylic acids is 1. The minimum Gasteiger partial charge on any atom is -0.482 e. The van der Waals surface area contributed by atoms with Gasteiger partial charge in [-0.3, -0.25) is 4.79 Å². The Labute approximate surface area is 203 Å². The fraction of sp³-hybridized carbons (Fsp3) is 0.273. The Hall–Kier alpha value is -3.40. The van der Waals surface area contributed by atoms with Crippen LogP contribution >= 0.6 is 15.9 Å². The number of benzene rings is 1. The molecule has 2 aromatic heterocycles. The van der Waals surface area contributed by atoms with Crippen LogP contribution < -0.4 is 15.4 Å². The Morgan fingerprint density at radius 2 is 1.91 bits per heavy atom. The first-order chi connectivity index (χ1) is 16.4. The van der Waals surface area contributed by atoms with Crippen LogP contribution in [0.15, 0.2) is 41.0 Å². The van der Waals surface area contributed by atoms with E-state index in [9.17, 15) is 31.1 Å². The molecule has 2 heterocycles. The van der Waals surface area contributed by atoms with E-state index in [1.807, 2.05) is 0 Å². The van der Waals surface area contributed by atoms with Crippen LogP contribution in [0.25, 0.3) is 5.65 Å². The first kappa shape index (κ1) is 26.2. The van der Waals surface area contributed by atoms with Crippen molar-refractivity contribution in [3.63, 3.8) is 0 Å². The first-order valence-electron chi connectivity index (χ1n) is 9.88. The second-order valence-electron chi connectivity index (χ2n) is 7.10. The number of carbonyl (C=O) groups is 1. The minimum atomic E-state index is -4.60. The van der Waals surface area contributed by atoms with E-state index in [-0.39, 0.29) is 40.6 Å². The van der Waals surface area contributed by atoms with Crippen LogP contribution in [0.4, 0.5) is 32.0 Å². The van der Waals surface area contributed by atoms with Crippen molar-refractivity contribution >= 4 is 33.2 Å². The molecule has 2 N–H and O–H groups in total. The predicted molar refractivity (Wildman–Crippen MR) is 119 cm³/mol. The Morgan fingerprint density at radius 3 is 2.57 bits per heavy atom. The summed E-state index contributed by atoms with van der Waals surface area (Å²) in [5.74, 6) is 4.45. The summed E-state index contributed by atoms with van der Waals surface area (Å²) in [7, 11) is 1.37. The second kappa shape index (κ2) is 10.5. The molecule has 1 aromatic carbocycles. The van der Waals surface area contributed by atoms with Gasteiger partial charge in [0, 0.05) is 18.8 Å². The summed E-state index contributed by atoms with van der Waals surface area (Å²) in [6.45, 7) is -1.73. The van der Waals surface area contributed by atoms with Crippen molar-refractivity contribution < 1.29 is 35.9 Å². The summed E-state index contributed by atoms with van der Waals surface area (Å²) in [4.78, 5) is 16.0. The van der Waals surface area contributed by atoms with Gasteiger partial charge in [0.05, 0.1) is 28.8 Å². The zero-order valence-corrected chi connectivity index (χ0v) is 19.5. The molecule has 13 heteroatoms. The average molecular weight is 563 g/mol. The Bertz CT molecular complexity index is 1290. The van der Waals surface area contributed by atoms with E-state index in [4.69, 9.17) is 4.74 Å². The van der Waals surface area contributed by atoms with Gasteiger partial charge >= 0.3 is 12.4 Å². The quantitative estimate of drug-likeness (QED) is 0.329. The number of nitrogens with zero attached hydrogens (tertiary/aromatic N) is 2. The number of ether oxygens (including phenoxy) is 1. The Kier molecular flexibility index (Phi) is 7.84. The molecule has 0 spiro atoms. The molecule has 0 aliphatic rings. The van der Waals surface area contributed by atoms with Gasteiger partial charge in [-0.1, -0.05) is 5.92 Å². The lowest BCUT2D eigenvalue weighted by molar-refractivity contribution is -0.153. The minimum absolute atomic E-state index is 0.0772. The highest BCUT2D eigenvalue weighted by Gasteiger charge is 2.31. The Balaban J connectivity index is 1.85. The van der Waals surface area contributed by atoms with Gasteiger partial charge in [0.25, 0.3) is 5.91 Å². The lowest BCUT2D eigenvalue weighted by Crippen LogP contribution is -2.21. The van der Waals surface area contributed by atoms with Crippen molar-refractivity contribution in [2.45, 2.75) is 18.8 Å². The molecule has 6 nitrogen and oxygen atoms in total. The molecule has 35 heavy (non-hydrogen) atoms. The van der Waals surface area contributed by atoms with Crippen molar-refractivity contribution in [2.24, 2.45) is 0 Å². The number of halogens is 7. The maximum Gasteiger partial charge on any atom is 0.422 e. The van der Waals surface area contributed by atoms with E-state index in [0.717, 1.165) is 6.07 Å². The number of imidazole rings is 1. The van der Waals surface area contributed by atoms with Gasteiger partial charge in [-0.25, -0.2) is 4.98 Å². The number of amides is 1. The van der Waals surface area contributed by atoms with Crippen LogP contribution in [-0.4, -0.2) is 47.8 Å². The van der Waals surface area contributed by atoms with Gasteiger partial charge in [-0.15, -0.1) is 0 Å². The lowest BCUT2D eigenvalue weighted by atomic mass is 10.1. The third-order valence-electron chi connectivity index (χ3n) is 4.51. The molecular weight excluding hydrogens is 546 g/mol. The van der Waals surface area contributed by atoms with Crippen molar-refractivity contribution in [3.05, 3.63) is 58.0 Å². The van der Waals surface area contributed by atoms with E-state index in [1.165, 1.54) is 29.8 Å². The summed E-state index contributed by atoms with van der Waals surface area (Å²) < 4.78 is 83.8. The normalized spacial score (nSPS) is 11.7. The van der Waals surface area contributed by atoms with Crippen LogP contribution in [0.5, 0.6) is 5.75 Å². The van der Waals surface area contributed by atoms with Gasteiger partial charge in [0.2, 0.25) is 0 Å². The number of hydrogen-bond acceptors (Lipinski definition) is 4. The molecule has 1 amide bonds. The van der Waals surface area contributed by atoms with Crippen molar-refractivity contribution in [1.29, 1.82) is 0 Å². The largest absolute Gasteiger partial charge is 0.482 e. The zero-order valence-electron chi connectivity index (χ0n) is 17.9. The van der Waals surface area contributed by atoms with Crippen molar-refractivity contribution in [2.75, 3.05) is 25.5 Å². The smallest absolute Gasteiger partial charge is 0.422 e. The van der Waals surface area contributed by atoms with E-state index in [1.54, 1.807) is 12.1 Å². The molecule has 186 valence electrons. The van der Waals surface area contributed by atoms with Gasteiger partial charge in [0.1, 0.15) is 11.4 Å². The number of nitrogens with one attached hydrogen (secondary N) is 2. The third-order valence-corrected chi connectivity index (χ3v) is 5.12. The molecule has 0 saturated carbocycles. The number of aromatic nitrogens is 2. The molecule has 0 radical (unpaired) electrons. The number of alkyl halides is 6. The van der Waals surface area contributed by atoms with Crippen LogP contribution in [0, 0.1) is 11.8 Å². The zero-order chi connectivity index (χ0) is 25.8. The summed E-state index contributed by atoms with van der Waals surface area (Å²) in [6, 6.07) is 7.04.